The minimum Gasteiger partial charge on any atom is -0.260 e. The van der Waals surface area contributed by atoms with Gasteiger partial charge in [-0.1, -0.05) is 6.07 Å². The lowest BCUT2D eigenvalue weighted by Crippen LogP contribution is -2.36. The molecule has 2 aromatic heterocycles. The van der Waals surface area contributed by atoms with E-state index in [1.165, 1.54) is 15.6 Å². The summed E-state index contributed by atoms with van der Waals surface area (Å²) in [5.74, 6) is 0. The summed E-state index contributed by atoms with van der Waals surface area (Å²) in [7, 11) is -3.52. The summed E-state index contributed by atoms with van der Waals surface area (Å²) < 4.78 is 27.9. The maximum absolute atomic E-state index is 12.7. The number of aromatic nitrogens is 1. The van der Waals surface area contributed by atoms with Gasteiger partial charge < -0.3 is 0 Å². The zero-order valence-corrected chi connectivity index (χ0v) is 14.4. The highest BCUT2D eigenvalue weighted by Gasteiger charge is 2.30. The van der Waals surface area contributed by atoms with Crippen molar-refractivity contribution >= 4 is 37.3 Å². The van der Waals surface area contributed by atoms with Crippen LogP contribution in [-0.4, -0.2) is 23.7 Å². The van der Waals surface area contributed by atoms with Crippen LogP contribution in [0.2, 0.25) is 0 Å². The fraction of sp³-hybridized carbons (Fsp3) is 0.308. The molecule has 2 heterocycles. The third-order valence-electron chi connectivity index (χ3n) is 2.75. The van der Waals surface area contributed by atoms with Crippen molar-refractivity contribution < 1.29 is 8.42 Å². The van der Waals surface area contributed by atoms with Crippen LogP contribution in [0.4, 0.5) is 0 Å². The van der Waals surface area contributed by atoms with E-state index in [9.17, 15) is 8.42 Å². The SMILES string of the molecule is CC(C)N(Cc1ccccn1)S(=O)(=O)c1sccc1Br. The molecule has 0 bridgehead atoms. The van der Waals surface area contributed by atoms with Crippen molar-refractivity contribution in [3.8, 4) is 0 Å². The lowest BCUT2D eigenvalue weighted by Gasteiger charge is -2.25. The van der Waals surface area contributed by atoms with Gasteiger partial charge in [0.1, 0.15) is 4.21 Å². The average molecular weight is 375 g/mol. The van der Waals surface area contributed by atoms with E-state index in [0.29, 0.717) is 8.68 Å². The molecule has 0 aliphatic rings. The zero-order valence-electron chi connectivity index (χ0n) is 11.2. The van der Waals surface area contributed by atoms with Gasteiger partial charge in [0.15, 0.2) is 0 Å². The molecular weight excluding hydrogens is 360 g/mol. The molecule has 0 fully saturated rings. The van der Waals surface area contributed by atoms with E-state index >= 15 is 0 Å². The lowest BCUT2D eigenvalue weighted by atomic mass is 10.3. The molecule has 0 radical (unpaired) electrons. The van der Waals surface area contributed by atoms with Gasteiger partial charge in [-0.3, -0.25) is 4.98 Å². The van der Waals surface area contributed by atoms with Crippen LogP contribution in [0.5, 0.6) is 0 Å². The van der Waals surface area contributed by atoms with E-state index in [1.54, 1.807) is 17.6 Å². The summed E-state index contributed by atoms with van der Waals surface area (Å²) in [4.78, 5) is 4.20. The standard InChI is InChI=1S/C13H15BrN2O2S2/c1-10(2)16(9-11-5-3-4-7-15-11)20(17,18)13-12(14)6-8-19-13/h3-8,10H,9H2,1-2H3. The van der Waals surface area contributed by atoms with Crippen molar-refractivity contribution in [3.63, 3.8) is 0 Å². The number of rotatable bonds is 5. The van der Waals surface area contributed by atoms with Gasteiger partial charge in [-0.05, 0) is 53.4 Å². The Morgan fingerprint density at radius 2 is 2.10 bits per heavy atom. The molecular formula is C13H15BrN2O2S2. The van der Waals surface area contributed by atoms with Crippen LogP contribution >= 0.6 is 27.3 Å². The third-order valence-corrected chi connectivity index (χ3v) is 7.42. The van der Waals surface area contributed by atoms with Gasteiger partial charge in [-0.2, -0.15) is 4.31 Å². The largest absolute Gasteiger partial charge is 0.260 e. The molecule has 0 amide bonds. The second kappa shape index (κ2) is 6.34. The molecule has 2 rings (SSSR count). The quantitative estimate of drug-likeness (QED) is 0.804. The molecule has 7 heteroatoms. The first-order valence-corrected chi connectivity index (χ1v) is 9.19. The Labute approximate surface area is 131 Å². The Balaban J connectivity index is 2.37. The van der Waals surface area contributed by atoms with Gasteiger partial charge in [0.25, 0.3) is 10.0 Å². The highest BCUT2D eigenvalue weighted by atomic mass is 79.9. The fourth-order valence-electron chi connectivity index (χ4n) is 1.77. The first kappa shape index (κ1) is 15.6. The second-order valence-corrected chi connectivity index (χ2v) is 8.38. The molecule has 0 aliphatic carbocycles. The van der Waals surface area contributed by atoms with Gasteiger partial charge in [0.05, 0.1) is 12.2 Å². The molecule has 2 aromatic rings. The molecule has 0 spiro atoms. The summed E-state index contributed by atoms with van der Waals surface area (Å²) >= 11 is 4.51. The van der Waals surface area contributed by atoms with Crippen molar-refractivity contribution in [2.75, 3.05) is 0 Å². The first-order valence-electron chi connectivity index (χ1n) is 6.07. The van der Waals surface area contributed by atoms with Gasteiger partial charge in [-0.15, -0.1) is 11.3 Å². The molecule has 0 saturated carbocycles. The van der Waals surface area contributed by atoms with Crippen molar-refractivity contribution in [1.29, 1.82) is 0 Å². The van der Waals surface area contributed by atoms with E-state index in [4.69, 9.17) is 0 Å². The van der Waals surface area contributed by atoms with E-state index in [2.05, 4.69) is 20.9 Å². The number of pyridine rings is 1. The van der Waals surface area contributed by atoms with Crippen molar-refractivity contribution in [1.82, 2.24) is 9.29 Å². The molecule has 0 atom stereocenters. The third kappa shape index (κ3) is 3.28. The molecule has 0 N–H and O–H groups in total. The lowest BCUT2D eigenvalue weighted by molar-refractivity contribution is 0.345. The Hall–Kier alpha value is -0.760. The second-order valence-electron chi connectivity index (χ2n) is 4.52. The normalized spacial score (nSPS) is 12.2. The van der Waals surface area contributed by atoms with E-state index in [1.807, 2.05) is 32.0 Å². The molecule has 0 aliphatic heterocycles. The Kier molecular flexibility index (Phi) is 4.95. The van der Waals surface area contributed by atoms with E-state index < -0.39 is 10.0 Å². The van der Waals surface area contributed by atoms with Gasteiger partial charge >= 0.3 is 0 Å². The Bertz CT molecular complexity index is 669. The average Bonchev–Trinajstić information content (AvgIpc) is 2.83. The van der Waals surface area contributed by atoms with Crippen molar-refractivity contribution in [2.45, 2.75) is 30.6 Å². The Morgan fingerprint density at radius 1 is 1.35 bits per heavy atom. The summed E-state index contributed by atoms with van der Waals surface area (Å²) in [6, 6.07) is 7.10. The maximum Gasteiger partial charge on any atom is 0.254 e. The van der Waals surface area contributed by atoms with Crippen LogP contribution in [0.3, 0.4) is 0 Å². The monoisotopic (exact) mass is 374 g/mol. The van der Waals surface area contributed by atoms with Crippen LogP contribution in [-0.2, 0) is 16.6 Å². The van der Waals surface area contributed by atoms with E-state index in [-0.39, 0.29) is 12.6 Å². The molecule has 4 nitrogen and oxygen atoms in total. The molecule has 20 heavy (non-hydrogen) atoms. The molecule has 108 valence electrons. The van der Waals surface area contributed by atoms with Crippen molar-refractivity contribution in [2.24, 2.45) is 0 Å². The number of hydrogen-bond acceptors (Lipinski definition) is 4. The fourth-order valence-corrected chi connectivity index (χ4v) is 5.80. The maximum atomic E-state index is 12.7. The summed E-state index contributed by atoms with van der Waals surface area (Å²) in [5, 5.41) is 1.76. The molecule has 0 saturated heterocycles. The summed E-state index contributed by atoms with van der Waals surface area (Å²) in [5.41, 5.74) is 0.734. The van der Waals surface area contributed by atoms with Crippen LogP contribution in [0.15, 0.2) is 44.5 Å². The minimum absolute atomic E-state index is 0.143. The van der Waals surface area contributed by atoms with Crippen LogP contribution in [0.25, 0.3) is 0 Å². The smallest absolute Gasteiger partial charge is 0.254 e. The molecule has 0 aromatic carbocycles. The number of thiophene rings is 1. The highest BCUT2D eigenvalue weighted by molar-refractivity contribution is 9.10. The van der Waals surface area contributed by atoms with Crippen molar-refractivity contribution in [3.05, 3.63) is 46.0 Å². The minimum atomic E-state index is -3.52. The van der Waals surface area contributed by atoms with Crippen LogP contribution in [0, 0.1) is 0 Å². The number of sulfonamides is 1. The highest BCUT2D eigenvalue weighted by Crippen LogP contribution is 2.31. The molecule has 0 unspecified atom stereocenters. The van der Waals surface area contributed by atoms with Crippen LogP contribution in [0.1, 0.15) is 19.5 Å². The Morgan fingerprint density at radius 3 is 2.60 bits per heavy atom. The van der Waals surface area contributed by atoms with Gasteiger partial charge in [0, 0.05) is 16.7 Å². The topological polar surface area (TPSA) is 50.3 Å². The van der Waals surface area contributed by atoms with Gasteiger partial charge in [0.2, 0.25) is 0 Å². The predicted molar refractivity (Wildman–Crippen MR) is 84.1 cm³/mol. The summed E-state index contributed by atoms with van der Waals surface area (Å²) in [6.07, 6.45) is 1.67. The predicted octanol–water partition coefficient (Wildman–Crippen LogP) is 3.50. The van der Waals surface area contributed by atoms with E-state index in [0.717, 1.165) is 5.69 Å². The number of hydrogen-bond donors (Lipinski definition) is 0. The van der Waals surface area contributed by atoms with Gasteiger partial charge in [-0.25, -0.2) is 8.42 Å². The number of halogens is 1. The zero-order chi connectivity index (χ0) is 14.8. The van der Waals surface area contributed by atoms with Crippen LogP contribution < -0.4 is 0 Å². The first-order chi connectivity index (χ1) is 9.43. The summed E-state index contributed by atoms with van der Waals surface area (Å²) in [6.45, 7) is 4.00. The number of nitrogens with zero attached hydrogens (tertiary/aromatic N) is 2.